The van der Waals surface area contributed by atoms with Gasteiger partial charge in [0.2, 0.25) is 29.5 Å². The van der Waals surface area contributed by atoms with Gasteiger partial charge in [-0.15, -0.1) is 0 Å². The molecule has 0 saturated carbocycles. The van der Waals surface area contributed by atoms with Crippen molar-refractivity contribution in [3.63, 3.8) is 0 Å². The van der Waals surface area contributed by atoms with Gasteiger partial charge in [-0.25, -0.2) is 4.79 Å². The predicted molar refractivity (Wildman–Crippen MR) is 199 cm³/mol. The Bertz CT molecular complexity index is 1150. The Labute approximate surface area is 306 Å². The second-order valence-corrected chi connectivity index (χ2v) is 15.3. The van der Waals surface area contributed by atoms with Gasteiger partial charge < -0.3 is 26.0 Å². The Kier molecular flexibility index (Phi) is 22.6. The molecule has 5 N–H and O–H groups in total. The average Bonchev–Trinajstić information content (AvgIpc) is 3.03. The molecule has 12 nitrogen and oxygen atoms in total. The SMILES string of the molecule is C#CNC(=O)CC[C@@H]1NC(=O)C[C@@H](CCCCCCCCCCC)OC(=O)[C@H](CC(C)C)NC(=O)[C@@H](CC(C)C)NC(=O)[C@H](CC(C)C)NC1=O. The zero-order chi connectivity index (χ0) is 38.3. The molecule has 0 aromatic carbocycles. The zero-order valence-corrected chi connectivity index (χ0v) is 32.4. The minimum atomic E-state index is -1.18. The molecule has 1 fully saturated rings. The maximum atomic E-state index is 13.7. The molecular weight excluding hydrogens is 650 g/mol. The van der Waals surface area contributed by atoms with E-state index in [1.165, 1.54) is 32.1 Å². The quantitative estimate of drug-likeness (QED) is 0.0554. The van der Waals surface area contributed by atoms with Gasteiger partial charge in [0, 0.05) is 12.5 Å². The van der Waals surface area contributed by atoms with Crippen LogP contribution in [0.2, 0.25) is 0 Å². The number of esters is 1. The first-order chi connectivity index (χ1) is 24.2. The molecule has 0 bridgehead atoms. The highest BCUT2D eigenvalue weighted by atomic mass is 16.5. The summed E-state index contributed by atoms with van der Waals surface area (Å²) in [4.78, 5) is 80.5. The summed E-state index contributed by atoms with van der Waals surface area (Å²) in [6, 6.07) is -2.10. The van der Waals surface area contributed by atoms with Gasteiger partial charge in [-0.3, -0.25) is 29.3 Å². The summed E-state index contributed by atoms with van der Waals surface area (Å²) < 4.78 is 5.96. The summed E-state index contributed by atoms with van der Waals surface area (Å²) in [6.07, 6.45) is 15.1. The highest BCUT2D eigenvalue weighted by molar-refractivity contribution is 5.95. The van der Waals surface area contributed by atoms with Crippen LogP contribution in [0.4, 0.5) is 0 Å². The molecule has 290 valence electrons. The molecule has 0 unspecified atom stereocenters. The van der Waals surface area contributed by atoms with E-state index >= 15 is 0 Å². The van der Waals surface area contributed by atoms with Crippen molar-refractivity contribution in [1.29, 1.82) is 0 Å². The molecule has 0 aromatic heterocycles. The first kappa shape index (κ1) is 45.4. The van der Waals surface area contributed by atoms with Crippen LogP contribution in [0.25, 0.3) is 0 Å². The van der Waals surface area contributed by atoms with Crippen molar-refractivity contribution >= 4 is 35.5 Å². The number of hydrogen-bond acceptors (Lipinski definition) is 7. The normalized spacial score (nSPS) is 22.5. The third-order valence-corrected chi connectivity index (χ3v) is 8.84. The summed E-state index contributed by atoms with van der Waals surface area (Å²) in [7, 11) is 0. The molecule has 51 heavy (non-hydrogen) atoms. The number of unbranched alkanes of at least 4 members (excludes halogenated alkanes) is 8. The third-order valence-electron chi connectivity index (χ3n) is 8.84. The number of rotatable bonds is 19. The molecule has 0 aromatic rings. The van der Waals surface area contributed by atoms with Crippen molar-refractivity contribution in [2.45, 2.75) is 181 Å². The highest BCUT2D eigenvalue weighted by Crippen LogP contribution is 2.18. The molecule has 0 radical (unpaired) electrons. The molecule has 12 heteroatoms. The molecule has 0 spiro atoms. The minimum absolute atomic E-state index is 0.00882. The lowest BCUT2D eigenvalue weighted by Gasteiger charge is -2.29. The number of carbonyl (C=O) groups is 6. The van der Waals surface area contributed by atoms with Crippen molar-refractivity contribution in [1.82, 2.24) is 26.6 Å². The summed E-state index contributed by atoms with van der Waals surface area (Å²) in [6.45, 7) is 13.7. The second kappa shape index (κ2) is 25.4. The van der Waals surface area contributed by atoms with Crippen LogP contribution in [0.3, 0.4) is 0 Å². The van der Waals surface area contributed by atoms with Crippen molar-refractivity contribution in [2.75, 3.05) is 0 Å². The van der Waals surface area contributed by atoms with E-state index in [4.69, 9.17) is 11.2 Å². The van der Waals surface area contributed by atoms with Gasteiger partial charge in [0.25, 0.3) is 0 Å². The molecule has 1 aliphatic heterocycles. The van der Waals surface area contributed by atoms with Crippen LogP contribution in [0.1, 0.15) is 151 Å². The first-order valence-corrected chi connectivity index (χ1v) is 19.3. The number of terminal acetylenes is 1. The van der Waals surface area contributed by atoms with Crippen molar-refractivity contribution in [3.8, 4) is 12.5 Å². The largest absolute Gasteiger partial charge is 0.460 e. The molecule has 1 aliphatic rings. The predicted octanol–water partition coefficient (Wildman–Crippen LogP) is 4.79. The van der Waals surface area contributed by atoms with Gasteiger partial charge in [-0.05, 0) is 56.3 Å². The van der Waals surface area contributed by atoms with E-state index < -0.39 is 65.8 Å². The van der Waals surface area contributed by atoms with Crippen LogP contribution in [0, 0.1) is 30.2 Å². The molecular formula is C39H67N5O7. The Morgan fingerprint density at radius 1 is 0.686 bits per heavy atom. The first-order valence-electron chi connectivity index (χ1n) is 19.3. The third kappa shape index (κ3) is 20.1. The van der Waals surface area contributed by atoms with Crippen molar-refractivity contribution in [3.05, 3.63) is 0 Å². The number of ether oxygens (including phenoxy) is 1. The van der Waals surface area contributed by atoms with Crippen LogP contribution in [-0.2, 0) is 33.5 Å². The van der Waals surface area contributed by atoms with Gasteiger partial charge in [-0.2, -0.15) is 0 Å². The van der Waals surface area contributed by atoms with E-state index in [1.807, 2.05) is 41.5 Å². The molecule has 1 saturated heterocycles. The van der Waals surface area contributed by atoms with Crippen molar-refractivity contribution < 1.29 is 33.5 Å². The standard InChI is InChI=1S/C39H67N5O7/c1-9-11-12-13-14-15-16-17-18-19-29-25-35(46)41-30(20-21-34(45)40-10-2)36(47)42-31(22-26(3)4)37(48)43-32(23-27(5)6)38(49)44-33(24-28(7)8)39(50)51-29/h2,26-33H,9,11-25H2,1,3-8H3,(H,40,45)(H,41,46)(H,42,47)(H,43,48)(H,44,49)/t29-,30+,31+,32-,33+/m1/s1. The fourth-order valence-corrected chi connectivity index (χ4v) is 6.19. The van der Waals surface area contributed by atoms with E-state index in [2.05, 4.69) is 39.6 Å². The van der Waals surface area contributed by atoms with Crippen LogP contribution < -0.4 is 26.6 Å². The van der Waals surface area contributed by atoms with Gasteiger partial charge in [-0.1, -0.05) is 106 Å². The molecule has 5 amide bonds. The topological polar surface area (TPSA) is 172 Å². The second-order valence-electron chi connectivity index (χ2n) is 15.3. The van der Waals surface area contributed by atoms with Crippen LogP contribution in [0.15, 0.2) is 0 Å². The molecule has 1 rings (SSSR count). The van der Waals surface area contributed by atoms with Crippen LogP contribution in [0.5, 0.6) is 0 Å². The number of nitrogens with one attached hydrogen (secondary N) is 5. The van der Waals surface area contributed by atoms with Gasteiger partial charge >= 0.3 is 5.97 Å². The fourth-order valence-electron chi connectivity index (χ4n) is 6.19. The molecule has 1 heterocycles. The summed E-state index contributed by atoms with van der Waals surface area (Å²) in [5.74, 6) is -3.39. The summed E-state index contributed by atoms with van der Waals surface area (Å²) >= 11 is 0. The van der Waals surface area contributed by atoms with E-state index in [0.29, 0.717) is 19.3 Å². The zero-order valence-electron chi connectivity index (χ0n) is 32.4. The molecule has 0 aliphatic carbocycles. The monoisotopic (exact) mass is 718 g/mol. The van der Waals surface area contributed by atoms with E-state index in [0.717, 1.165) is 25.7 Å². The Balaban J connectivity index is 3.43. The highest BCUT2D eigenvalue weighted by Gasteiger charge is 2.34. The lowest BCUT2D eigenvalue weighted by Crippen LogP contribution is -2.58. The number of carbonyl (C=O) groups excluding carboxylic acids is 6. The maximum Gasteiger partial charge on any atom is 0.328 e. The number of cyclic esters (lactones) is 1. The minimum Gasteiger partial charge on any atom is -0.460 e. The lowest BCUT2D eigenvalue weighted by atomic mass is 9.98. The fraction of sp³-hybridized carbons (Fsp3) is 0.795. The Morgan fingerprint density at radius 2 is 1.14 bits per heavy atom. The van der Waals surface area contributed by atoms with Gasteiger partial charge in [0.15, 0.2) is 0 Å². The van der Waals surface area contributed by atoms with E-state index in [-0.39, 0.29) is 43.4 Å². The lowest BCUT2D eigenvalue weighted by molar-refractivity contribution is -0.155. The Hall–Kier alpha value is -3.62. The van der Waals surface area contributed by atoms with E-state index in [9.17, 15) is 28.8 Å². The van der Waals surface area contributed by atoms with Crippen LogP contribution >= 0.6 is 0 Å². The number of hydrogen-bond donors (Lipinski definition) is 5. The van der Waals surface area contributed by atoms with Crippen LogP contribution in [-0.4, -0.2) is 65.8 Å². The smallest absolute Gasteiger partial charge is 0.328 e. The molecule has 5 atom stereocenters. The summed E-state index contributed by atoms with van der Waals surface area (Å²) in [5, 5.41) is 13.4. The van der Waals surface area contributed by atoms with Crippen molar-refractivity contribution in [2.24, 2.45) is 17.8 Å². The van der Waals surface area contributed by atoms with Gasteiger partial charge in [0.05, 0.1) is 6.42 Å². The number of amides is 5. The van der Waals surface area contributed by atoms with E-state index in [1.54, 1.807) is 0 Å². The summed E-state index contributed by atoms with van der Waals surface area (Å²) in [5.41, 5.74) is 0. The Morgan fingerprint density at radius 3 is 1.63 bits per heavy atom. The average molecular weight is 718 g/mol. The van der Waals surface area contributed by atoms with Gasteiger partial charge in [0.1, 0.15) is 30.3 Å². The maximum absolute atomic E-state index is 13.7.